The van der Waals surface area contributed by atoms with Crippen LogP contribution in [0.4, 0.5) is 0 Å². The summed E-state index contributed by atoms with van der Waals surface area (Å²) in [5.41, 5.74) is 5.16. The minimum absolute atomic E-state index is 0.101. The van der Waals surface area contributed by atoms with Gasteiger partial charge < -0.3 is 19.9 Å². The maximum atomic E-state index is 12.3. The zero-order chi connectivity index (χ0) is 27.3. The van der Waals surface area contributed by atoms with Crippen molar-refractivity contribution in [3.8, 4) is 11.5 Å². The zero-order valence-corrected chi connectivity index (χ0v) is 22.7. The minimum atomic E-state index is -0.940. The molecule has 38 heavy (non-hydrogen) atoms. The average Bonchev–Trinajstić information content (AvgIpc) is 2.91. The Kier molecular flexibility index (Phi) is 11.2. The van der Waals surface area contributed by atoms with E-state index in [-0.39, 0.29) is 25.0 Å². The first-order valence-corrected chi connectivity index (χ1v) is 13.4. The molecule has 1 atom stereocenters. The number of benzene rings is 3. The molecule has 3 rings (SSSR count). The van der Waals surface area contributed by atoms with Gasteiger partial charge in [0, 0.05) is 12.1 Å². The molecule has 1 amide bonds. The molecule has 202 valence electrons. The third-order valence-electron chi connectivity index (χ3n) is 6.57. The zero-order valence-electron chi connectivity index (χ0n) is 22.7. The number of ether oxygens (including phenoxy) is 2. The smallest absolute Gasteiger partial charge is 0.305 e. The van der Waals surface area contributed by atoms with E-state index in [2.05, 4.69) is 44.3 Å². The lowest BCUT2D eigenvalue weighted by Crippen LogP contribution is -2.26. The van der Waals surface area contributed by atoms with Gasteiger partial charge >= 0.3 is 5.97 Å². The number of carbonyl (C=O) groups excluding carboxylic acids is 1. The number of carboxylic acid groups (broad SMARTS) is 1. The Balaban J connectivity index is 1.62. The van der Waals surface area contributed by atoms with Crippen LogP contribution in [0, 0.1) is 13.8 Å². The Morgan fingerprint density at radius 2 is 1.58 bits per heavy atom. The number of rotatable bonds is 15. The number of carboxylic acids is 1. The van der Waals surface area contributed by atoms with Gasteiger partial charge in [-0.3, -0.25) is 9.59 Å². The van der Waals surface area contributed by atoms with Gasteiger partial charge in [-0.2, -0.15) is 0 Å². The van der Waals surface area contributed by atoms with Gasteiger partial charge in [-0.1, -0.05) is 56.5 Å². The molecule has 0 fully saturated rings. The van der Waals surface area contributed by atoms with Crippen LogP contribution in [-0.4, -0.2) is 23.5 Å². The summed E-state index contributed by atoms with van der Waals surface area (Å²) in [5, 5.41) is 11.4. The molecule has 3 aromatic rings. The van der Waals surface area contributed by atoms with Crippen LogP contribution in [0.5, 0.6) is 11.5 Å². The number of hydrogen-bond donors (Lipinski definition) is 2. The highest BCUT2D eigenvalue weighted by Crippen LogP contribution is 2.29. The highest BCUT2D eigenvalue weighted by molar-refractivity contribution is 5.94. The van der Waals surface area contributed by atoms with Gasteiger partial charge in [-0.05, 0) is 85.3 Å². The van der Waals surface area contributed by atoms with Crippen molar-refractivity contribution in [3.05, 3.63) is 94.5 Å². The first-order valence-electron chi connectivity index (χ1n) is 13.4. The minimum Gasteiger partial charge on any atom is -0.489 e. The lowest BCUT2D eigenvalue weighted by atomic mass is 10.0. The summed E-state index contributed by atoms with van der Waals surface area (Å²) in [6.07, 6.45) is 5.18. The van der Waals surface area contributed by atoms with Crippen molar-refractivity contribution in [2.24, 2.45) is 0 Å². The normalized spacial score (nSPS) is 11.6. The Morgan fingerprint density at radius 1 is 0.868 bits per heavy atom. The van der Waals surface area contributed by atoms with E-state index < -0.39 is 5.97 Å². The van der Waals surface area contributed by atoms with E-state index in [0.29, 0.717) is 12.2 Å². The first kappa shape index (κ1) is 28.8. The molecule has 6 nitrogen and oxygen atoms in total. The van der Waals surface area contributed by atoms with Gasteiger partial charge in [-0.25, -0.2) is 0 Å². The molecule has 0 aromatic heterocycles. The van der Waals surface area contributed by atoms with Gasteiger partial charge in [0.25, 0.3) is 5.91 Å². The summed E-state index contributed by atoms with van der Waals surface area (Å²) in [5.74, 6) is 0.326. The number of hydrogen-bond acceptors (Lipinski definition) is 4. The van der Waals surface area contributed by atoms with Crippen LogP contribution in [0.1, 0.15) is 84.2 Å². The van der Waals surface area contributed by atoms with Crippen LogP contribution >= 0.6 is 0 Å². The van der Waals surface area contributed by atoms with Crippen LogP contribution in [0.25, 0.3) is 0 Å². The van der Waals surface area contributed by atoms with Crippen molar-refractivity contribution in [3.63, 3.8) is 0 Å². The van der Waals surface area contributed by atoms with E-state index in [1.54, 1.807) is 12.1 Å². The van der Waals surface area contributed by atoms with Gasteiger partial charge in [0.15, 0.2) is 0 Å². The maximum Gasteiger partial charge on any atom is 0.305 e. The number of aryl methyl sites for hydroxylation is 2. The molecule has 0 heterocycles. The molecular formula is C32H39NO5. The second kappa shape index (κ2) is 14.8. The number of amides is 1. The highest BCUT2D eigenvalue weighted by Gasteiger charge is 2.15. The summed E-state index contributed by atoms with van der Waals surface area (Å²) in [7, 11) is 0. The Labute approximate surface area is 226 Å². The SMILES string of the molecule is CCCCCCC(Oc1ccc(OCc2ccc(C)c(C)c2)cc1)c1ccc(C(=O)NCCC(=O)O)cc1. The fourth-order valence-corrected chi connectivity index (χ4v) is 4.12. The van der Waals surface area contributed by atoms with E-state index in [0.717, 1.165) is 41.9 Å². The van der Waals surface area contributed by atoms with E-state index in [1.807, 2.05) is 36.4 Å². The standard InChI is InChI=1S/C32H39NO5/c1-4-5-6-7-8-30(26-11-13-27(14-12-26)32(36)33-20-19-31(34)35)38-29-17-15-28(16-18-29)37-22-25-10-9-23(2)24(3)21-25/h9-18,21,30H,4-8,19-20,22H2,1-3H3,(H,33,36)(H,34,35). The van der Waals surface area contributed by atoms with Crippen molar-refractivity contribution < 1.29 is 24.2 Å². The van der Waals surface area contributed by atoms with E-state index in [4.69, 9.17) is 14.6 Å². The molecule has 0 radical (unpaired) electrons. The molecule has 0 aliphatic rings. The average molecular weight is 518 g/mol. The highest BCUT2D eigenvalue weighted by atomic mass is 16.5. The molecule has 2 N–H and O–H groups in total. The topological polar surface area (TPSA) is 84.9 Å². The van der Waals surface area contributed by atoms with Crippen LogP contribution in [-0.2, 0) is 11.4 Å². The molecule has 0 saturated carbocycles. The number of unbranched alkanes of at least 4 members (excludes halogenated alkanes) is 3. The van der Waals surface area contributed by atoms with Crippen molar-refractivity contribution in [1.82, 2.24) is 5.32 Å². The molecule has 1 unspecified atom stereocenters. The van der Waals surface area contributed by atoms with Gasteiger partial charge in [0.2, 0.25) is 0 Å². The summed E-state index contributed by atoms with van der Waals surface area (Å²) < 4.78 is 12.4. The summed E-state index contributed by atoms with van der Waals surface area (Å²) in [6.45, 7) is 7.01. The lowest BCUT2D eigenvalue weighted by Gasteiger charge is -2.20. The Bertz CT molecular complexity index is 1170. The Hall–Kier alpha value is -3.80. The second-order valence-corrected chi connectivity index (χ2v) is 9.66. The van der Waals surface area contributed by atoms with E-state index >= 15 is 0 Å². The van der Waals surface area contributed by atoms with Crippen molar-refractivity contribution in [2.45, 2.75) is 72.0 Å². The summed E-state index contributed by atoms with van der Waals surface area (Å²) >= 11 is 0. The molecule has 0 saturated heterocycles. The van der Waals surface area contributed by atoms with Gasteiger partial charge in [0.1, 0.15) is 24.2 Å². The molecule has 0 aliphatic heterocycles. The molecule has 0 bridgehead atoms. The quantitative estimate of drug-likeness (QED) is 0.209. The summed E-state index contributed by atoms with van der Waals surface area (Å²) in [4.78, 5) is 23.0. The fourth-order valence-electron chi connectivity index (χ4n) is 4.12. The van der Waals surface area contributed by atoms with Crippen molar-refractivity contribution in [1.29, 1.82) is 0 Å². The molecule has 3 aromatic carbocycles. The predicted octanol–water partition coefficient (Wildman–Crippen LogP) is 7.18. The monoisotopic (exact) mass is 517 g/mol. The number of aliphatic carboxylic acids is 1. The lowest BCUT2D eigenvalue weighted by molar-refractivity contribution is -0.136. The van der Waals surface area contributed by atoms with E-state index in [1.165, 1.54) is 24.0 Å². The fraction of sp³-hybridized carbons (Fsp3) is 0.375. The molecule has 0 aliphatic carbocycles. The van der Waals surface area contributed by atoms with Gasteiger partial charge in [-0.15, -0.1) is 0 Å². The van der Waals surface area contributed by atoms with Crippen LogP contribution in [0.2, 0.25) is 0 Å². The number of nitrogens with one attached hydrogen (secondary N) is 1. The van der Waals surface area contributed by atoms with Crippen LogP contribution < -0.4 is 14.8 Å². The second-order valence-electron chi connectivity index (χ2n) is 9.66. The van der Waals surface area contributed by atoms with Crippen molar-refractivity contribution >= 4 is 11.9 Å². The number of carbonyl (C=O) groups is 2. The largest absolute Gasteiger partial charge is 0.489 e. The molecule has 0 spiro atoms. The van der Waals surface area contributed by atoms with Gasteiger partial charge in [0.05, 0.1) is 6.42 Å². The molecular weight excluding hydrogens is 478 g/mol. The third kappa shape index (κ3) is 9.25. The van der Waals surface area contributed by atoms with Crippen LogP contribution in [0.15, 0.2) is 66.7 Å². The first-order chi connectivity index (χ1) is 18.4. The maximum absolute atomic E-state index is 12.3. The Morgan fingerprint density at radius 3 is 2.24 bits per heavy atom. The predicted molar refractivity (Wildman–Crippen MR) is 150 cm³/mol. The van der Waals surface area contributed by atoms with Crippen LogP contribution in [0.3, 0.4) is 0 Å². The third-order valence-corrected chi connectivity index (χ3v) is 6.57. The summed E-state index contributed by atoms with van der Waals surface area (Å²) in [6, 6.07) is 21.4. The van der Waals surface area contributed by atoms with Crippen molar-refractivity contribution in [2.75, 3.05) is 6.54 Å². The molecule has 6 heteroatoms. The van der Waals surface area contributed by atoms with E-state index in [9.17, 15) is 9.59 Å².